The number of aliphatic hydroxyl groups excluding tert-OH is 1. The Kier molecular flexibility index (Phi) is 4.35. The van der Waals surface area contributed by atoms with E-state index in [0.717, 1.165) is 10.6 Å². The molecule has 20 heavy (non-hydrogen) atoms. The van der Waals surface area contributed by atoms with Gasteiger partial charge in [0.1, 0.15) is 0 Å². The Balaban J connectivity index is 2.22. The molecule has 2 unspecified atom stereocenters. The minimum Gasteiger partial charge on any atom is -0.394 e. The number of para-hydroxylation sites is 1. The first kappa shape index (κ1) is 14.9. The fourth-order valence-corrected chi connectivity index (χ4v) is 3.03. The highest BCUT2D eigenvalue weighted by Gasteiger charge is 2.46. The second kappa shape index (κ2) is 5.85. The molecule has 6 heteroatoms. The van der Waals surface area contributed by atoms with Crippen LogP contribution in [0.5, 0.6) is 0 Å². The van der Waals surface area contributed by atoms with Crippen LogP contribution in [0, 0.1) is 0 Å². The molecule has 2 rings (SSSR count). The van der Waals surface area contributed by atoms with Crippen LogP contribution < -0.4 is 10.6 Å². The van der Waals surface area contributed by atoms with Crippen molar-refractivity contribution in [3.63, 3.8) is 0 Å². The highest BCUT2D eigenvalue weighted by Crippen LogP contribution is 2.42. The van der Waals surface area contributed by atoms with Crippen molar-refractivity contribution in [1.29, 1.82) is 0 Å². The summed E-state index contributed by atoms with van der Waals surface area (Å²) in [5.74, 6) is -0.720. The van der Waals surface area contributed by atoms with Crippen LogP contribution in [0.4, 0.5) is 5.69 Å². The number of anilines is 1. The van der Waals surface area contributed by atoms with E-state index in [1.54, 1.807) is 13.0 Å². The van der Waals surface area contributed by atoms with Crippen molar-refractivity contribution in [2.24, 2.45) is 0 Å². The molecule has 0 spiro atoms. The van der Waals surface area contributed by atoms with Crippen molar-refractivity contribution in [2.45, 2.75) is 36.0 Å². The number of carbonyl (C=O) groups is 2. The first-order valence-corrected chi connectivity index (χ1v) is 7.34. The number of hydrogen-bond donors (Lipinski definition) is 3. The Bertz CT molecular complexity index is 531. The molecule has 1 aromatic carbocycles. The summed E-state index contributed by atoms with van der Waals surface area (Å²) in [6.45, 7) is 3.33. The quantitative estimate of drug-likeness (QED) is 0.733. The smallest absolute Gasteiger partial charge is 0.250 e. The number of hydrogen-bond acceptors (Lipinski definition) is 4. The van der Waals surface area contributed by atoms with Gasteiger partial charge in [0.15, 0.2) is 4.75 Å². The van der Waals surface area contributed by atoms with Gasteiger partial charge in [0.25, 0.3) is 0 Å². The molecule has 108 valence electrons. The molecule has 0 saturated carbocycles. The number of carbonyl (C=O) groups excluding carboxylic acids is 2. The maximum atomic E-state index is 12.4. The van der Waals surface area contributed by atoms with Crippen LogP contribution in [-0.2, 0) is 9.59 Å². The third-order valence-corrected chi connectivity index (χ3v) is 4.72. The third kappa shape index (κ3) is 2.66. The van der Waals surface area contributed by atoms with Crippen LogP contribution in [0.2, 0.25) is 0 Å². The Morgan fingerprint density at radius 1 is 1.50 bits per heavy atom. The summed E-state index contributed by atoms with van der Waals surface area (Å²) in [5, 5.41) is 14.6. The van der Waals surface area contributed by atoms with E-state index in [4.69, 9.17) is 5.11 Å². The van der Waals surface area contributed by atoms with Crippen LogP contribution in [0.25, 0.3) is 0 Å². The Hall–Kier alpha value is -1.53. The van der Waals surface area contributed by atoms with Gasteiger partial charge in [0.2, 0.25) is 11.8 Å². The Labute approximate surface area is 122 Å². The van der Waals surface area contributed by atoms with Crippen molar-refractivity contribution in [2.75, 3.05) is 11.9 Å². The molecule has 0 fully saturated rings. The molecule has 2 amide bonds. The van der Waals surface area contributed by atoms with Crippen molar-refractivity contribution >= 4 is 29.3 Å². The van der Waals surface area contributed by atoms with Crippen molar-refractivity contribution < 1.29 is 14.7 Å². The van der Waals surface area contributed by atoms with Gasteiger partial charge in [-0.25, -0.2) is 0 Å². The summed E-state index contributed by atoms with van der Waals surface area (Å²) >= 11 is 1.23. The lowest BCUT2D eigenvalue weighted by Gasteiger charge is -2.32. The molecule has 1 aliphatic rings. The van der Waals surface area contributed by atoms with Gasteiger partial charge in [0.05, 0.1) is 18.3 Å². The number of rotatable bonds is 4. The molecule has 5 nitrogen and oxygen atoms in total. The average molecular weight is 294 g/mol. The van der Waals surface area contributed by atoms with Crippen LogP contribution in [0.1, 0.15) is 20.3 Å². The van der Waals surface area contributed by atoms with E-state index < -0.39 is 4.75 Å². The standard InChI is InChI=1S/C14H18N2O3S/c1-3-9(8-17)15-12(18)14(2)13(19)16-10-6-4-5-7-11(10)20-14/h4-7,9,17H,3,8H2,1-2H3,(H,15,18)(H,16,19). The zero-order valence-electron chi connectivity index (χ0n) is 11.5. The Morgan fingerprint density at radius 3 is 2.85 bits per heavy atom. The number of nitrogens with one attached hydrogen (secondary N) is 2. The molecule has 0 aromatic heterocycles. The minimum absolute atomic E-state index is 0.138. The fraction of sp³-hybridized carbons (Fsp3) is 0.429. The molecule has 0 saturated heterocycles. The van der Waals surface area contributed by atoms with Crippen LogP contribution >= 0.6 is 11.8 Å². The molecule has 2 atom stereocenters. The van der Waals surface area contributed by atoms with E-state index in [1.807, 2.05) is 25.1 Å². The highest BCUT2D eigenvalue weighted by molar-refractivity contribution is 8.02. The van der Waals surface area contributed by atoms with Crippen LogP contribution in [-0.4, -0.2) is 34.3 Å². The number of thioether (sulfide) groups is 1. The SMILES string of the molecule is CCC(CO)NC(=O)C1(C)Sc2ccccc2NC1=O. The van der Waals surface area contributed by atoms with E-state index >= 15 is 0 Å². The first-order valence-electron chi connectivity index (χ1n) is 6.52. The predicted octanol–water partition coefficient (Wildman–Crippen LogP) is 1.38. The van der Waals surface area contributed by atoms with Gasteiger partial charge in [-0.2, -0.15) is 0 Å². The van der Waals surface area contributed by atoms with Gasteiger partial charge in [-0.3, -0.25) is 9.59 Å². The molecule has 0 bridgehead atoms. The summed E-state index contributed by atoms with van der Waals surface area (Å²) in [5.41, 5.74) is 0.724. The van der Waals surface area contributed by atoms with E-state index in [9.17, 15) is 9.59 Å². The lowest BCUT2D eigenvalue weighted by molar-refractivity contribution is -0.130. The van der Waals surface area contributed by atoms with Gasteiger partial charge < -0.3 is 15.7 Å². The molecular weight excluding hydrogens is 276 g/mol. The molecular formula is C14H18N2O3S. The van der Waals surface area contributed by atoms with Gasteiger partial charge >= 0.3 is 0 Å². The molecule has 1 aliphatic heterocycles. The van der Waals surface area contributed by atoms with E-state index in [1.165, 1.54) is 11.8 Å². The monoisotopic (exact) mass is 294 g/mol. The van der Waals surface area contributed by atoms with Crippen LogP contribution in [0.15, 0.2) is 29.2 Å². The first-order chi connectivity index (χ1) is 9.51. The lowest BCUT2D eigenvalue weighted by atomic mass is 10.1. The van der Waals surface area contributed by atoms with Crippen molar-refractivity contribution in [3.8, 4) is 0 Å². The molecule has 0 aliphatic carbocycles. The van der Waals surface area contributed by atoms with Crippen molar-refractivity contribution in [3.05, 3.63) is 24.3 Å². The van der Waals surface area contributed by atoms with Gasteiger partial charge in [-0.15, -0.1) is 0 Å². The maximum Gasteiger partial charge on any atom is 0.250 e. The molecule has 1 aromatic rings. The Morgan fingerprint density at radius 2 is 2.20 bits per heavy atom. The van der Waals surface area contributed by atoms with Gasteiger partial charge in [0, 0.05) is 4.90 Å². The number of fused-ring (bicyclic) bond motifs is 1. The lowest BCUT2D eigenvalue weighted by Crippen LogP contribution is -2.54. The normalized spacial score (nSPS) is 22.6. The summed E-state index contributed by atoms with van der Waals surface area (Å²) in [7, 11) is 0. The summed E-state index contributed by atoms with van der Waals surface area (Å²) in [6, 6.07) is 7.05. The van der Waals surface area contributed by atoms with E-state index in [2.05, 4.69) is 10.6 Å². The zero-order valence-corrected chi connectivity index (χ0v) is 12.3. The third-order valence-electron chi connectivity index (χ3n) is 3.36. The largest absolute Gasteiger partial charge is 0.394 e. The molecule has 0 radical (unpaired) electrons. The predicted molar refractivity (Wildman–Crippen MR) is 78.6 cm³/mol. The number of aliphatic hydroxyl groups is 1. The van der Waals surface area contributed by atoms with Gasteiger partial charge in [-0.1, -0.05) is 30.8 Å². The second-order valence-electron chi connectivity index (χ2n) is 4.85. The topological polar surface area (TPSA) is 78.4 Å². The average Bonchev–Trinajstić information content (AvgIpc) is 2.45. The van der Waals surface area contributed by atoms with Crippen LogP contribution in [0.3, 0.4) is 0 Å². The van der Waals surface area contributed by atoms with E-state index in [0.29, 0.717) is 6.42 Å². The highest BCUT2D eigenvalue weighted by atomic mass is 32.2. The summed E-state index contributed by atoms with van der Waals surface area (Å²) < 4.78 is -1.23. The maximum absolute atomic E-state index is 12.4. The number of benzene rings is 1. The summed E-state index contributed by atoms with van der Waals surface area (Å²) in [4.78, 5) is 25.5. The summed E-state index contributed by atoms with van der Waals surface area (Å²) in [6.07, 6.45) is 0.612. The van der Waals surface area contributed by atoms with Crippen molar-refractivity contribution in [1.82, 2.24) is 5.32 Å². The zero-order chi connectivity index (χ0) is 14.8. The molecule has 3 N–H and O–H groups in total. The fourth-order valence-electron chi connectivity index (χ4n) is 1.92. The second-order valence-corrected chi connectivity index (χ2v) is 6.31. The number of amides is 2. The minimum atomic E-state index is -1.23. The molecule has 1 heterocycles. The van der Waals surface area contributed by atoms with E-state index in [-0.39, 0.29) is 24.5 Å². The van der Waals surface area contributed by atoms with Gasteiger partial charge in [-0.05, 0) is 25.5 Å².